The Bertz CT molecular complexity index is 316. The van der Waals surface area contributed by atoms with Gasteiger partial charge in [-0.2, -0.15) is 0 Å². The molecule has 7 heteroatoms. The van der Waals surface area contributed by atoms with Crippen molar-refractivity contribution in [1.29, 1.82) is 0 Å². The van der Waals surface area contributed by atoms with Crippen molar-refractivity contribution in [2.24, 2.45) is 0 Å². The minimum absolute atomic E-state index is 0.0272. The highest BCUT2D eigenvalue weighted by atomic mass is 35.5. The van der Waals surface area contributed by atoms with Crippen molar-refractivity contribution >= 4 is 25.2 Å². The molecule has 0 aromatic carbocycles. The third-order valence-corrected chi connectivity index (χ3v) is 3.62. The minimum Gasteiger partial charge on any atom is -0.407 e. The summed E-state index contributed by atoms with van der Waals surface area (Å²) < 4.78 is 26.6. The van der Waals surface area contributed by atoms with Gasteiger partial charge in [0.1, 0.15) is 10.8 Å². The number of halogens is 1. The molecular weight excluding hydrogens is 255 g/mol. The number of hydrogen-bond acceptors (Lipinski definition) is 5. The van der Waals surface area contributed by atoms with Crippen LogP contribution in [0.5, 0.6) is 0 Å². The van der Waals surface area contributed by atoms with Crippen LogP contribution in [0.4, 0.5) is 0 Å². The standard InChI is InChI=1S/C9H16ClO5P/c1-5-13-16(12,14-6-2)15-8(4)9(10)7(3)11/h5-6H2,1-4H3/b9-8+. The Morgan fingerprint density at radius 1 is 1.19 bits per heavy atom. The van der Waals surface area contributed by atoms with Crippen LogP contribution in [0.1, 0.15) is 27.7 Å². The average Bonchev–Trinajstić information content (AvgIpc) is 2.16. The predicted octanol–water partition coefficient (Wildman–Crippen LogP) is 3.24. The molecule has 0 unspecified atom stereocenters. The number of carbonyl (C=O) groups excluding carboxylic acids is 1. The summed E-state index contributed by atoms with van der Waals surface area (Å²) >= 11 is 5.65. The molecule has 0 saturated carbocycles. The van der Waals surface area contributed by atoms with Crippen molar-refractivity contribution in [3.63, 3.8) is 0 Å². The Morgan fingerprint density at radius 3 is 1.94 bits per heavy atom. The van der Waals surface area contributed by atoms with Gasteiger partial charge in [-0.1, -0.05) is 11.6 Å². The maximum absolute atomic E-state index is 11.9. The largest absolute Gasteiger partial charge is 0.529 e. The van der Waals surface area contributed by atoms with Crippen molar-refractivity contribution < 1.29 is 22.9 Å². The number of ketones is 1. The Balaban J connectivity index is 4.83. The molecule has 0 radical (unpaired) electrons. The first-order valence-electron chi connectivity index (χ1n) is 4.82. The number of carbonyl (C=O) groups is 1. The fourth-order valence-corrected chi connectivity index (χ4v) is 2.19. The molecule has 0 spiro atoms. The number of phosphoric acid groups is 1. The van der Waals surface area contributed by atoms with Gasteiger partial charge < -0.3 is 4.52 Å². The summed E-state index contributed by atoms with van der Waals surface area (Å²) in [5.41, 5.74) is 0. The third-order valence-electron chi connectivity index (χ3n) is 1.44. The third kappa shape index (κ3) is 5.12. The van der Waals surface area contributed by atoms with Gasteiger partial charge in [0.15, 0.2) is 5.78 Å². The molecule has 5 nitrogen and oxygen atoms in total. The van der Waals surface area contributed by atoms with Crippen LogP contribution < -0.4 is 0 Å². The van der Waals surface area contributed by atoms with Crippen molar-refractivity contribution in [1.82, 2.24) is 0 Å². The molecule has 0 bridgehead atoms. The number of hydrogen-bond donors (Lipinski definition) is 0. The van der Waals surface area contributed by atoms with E-state index >= 15 is 0 Å². The first-order chi connectivity index (χ1) is 7.36. The fourth-order valence-electron chi connectivity index (χ4n) is 0.862. The molecule has 0 N–H and O–H groups in total. The van der Waals surface area contributed by atoms with Crippen LogP contribution in [0.15, 0.2) is 10.8 Å². The lowest BCUT2D eigenvalue weighted by Gasteiger charge is -2.17. The van der Waals surface area contributed by atoms with Gasteiger partial charge in [0.25, 0.3) is 0 Å². The fraction of sp³-hybridized carbons (Fsp3) is 0.667. The highest BCUT2D eigenvalue weighted by Crippen LogP contribution is 2.51. The Hall–Kier alpha value is -0.350. The van der Waals surface area contributed by atoms with E-state index in [1.165, 1.54) is 13.8 Å². The maximum Gasteiger partial charge on any atom is 0.529 e. The average molecular weight is 271 g/mol. The smallest absolute Gasteiger partial charge is 0.407 e. The van der Waals surface area contributed by atoms with E-state index in [1.807, 2.05) is 0 Å². The molecule has 0 saturated heterocycles. The van der Waals surface area contributed by atoms with Crippen LogP contribution >= 0.6 is 19.4 Å². The molecule has 0 aliphatic heterocycles. The van der Waals surface area contributed by atoms with Gasteiger partial charge in [-0.15, -0.1) is 0 Å². The zero-order chi connectivity index (χ0) is 12.8. The molecule has 0 amide bonds. The summed E-state index contributed by atoms with van der Waals surface area (Å²) in [5, 5.41) is -0.125. The van der Waals surface area contributed by atoms with Crippen LogP contribution in [0.25, 0.3) is 0 Å². The van der Waals surface area contributed by atoms with E-state index in [1.54, 1.807) is 13.8 Å². The van der Waals surface area contributed by atoms with Crippen molar-refractivity contribution in [2.75, 3.05) is 13.2 Å². The van der Waals surface area contributed by atoms with E-state index in [-0.39, 0.29) is 29.8 Å². The first kappa shape index (κ1) is 15.7. The van der Waals surface area contributed by atoms with E-state index in [9.17, 15) is 9.36 Å². The zero-order valence-corrected chi connectivity index (χ0v) is 11.4. The Morgan fingerprint density at radius 2 is 1.62 bits per heavy atom. The van der Waals surface area contributed by atoms with E-state index in [0.717, 1.165) is 0 Å². The van der Waals surface area contributed by atoms with Gasteiger partial charge >= 0.3 is 7.82 Å². The van der Waals surface area contributed by atoms with Crippen molar-refractivity contribution in [2.45, 2.75) is 27.7 Å². The van der Waals surface area contributed by atoms with Crippen molar-refractivity contribution in [3.8, 4) is 0 Å². The molecule has 16 heavy (non-hydrogen) atoms. The van der Waals surface area contributed by atoms with Crippen LogP contribution in [0.2, 0.25) is 0 Å². The molecule has 94 valence electrons. The van der Waals surface area contributed by atoms with Gasteiger partial charge in [0.2, 0.25) is 0 Å². The highest BCUT2D eigenvalue weighted by Gasteiger charge is 2.28. The van der Waals surface area contributed by atoms with Gasteiger partial charge in [0.05, 0.1) is 13.2 Å². The van der Waals surface area contributed by atoms with Crippen LogP contribution in [0.3, 0.4) is 0 Å². The highest BCUT2D eigenvalue weighted by molar-refractivity contribution is 7.48. The number of rotatable bonds is 7. The van der Waals surface area contributed by atoms with E-state index in [4.69, 9.17) is 25.2 Å². The molecule has 0 aromatic rings. The minimum atomic E-state index is -3.66. The summed E-state index contributed by atoms with van der Waals surface area (Å²) in [5.74, 6) is -0.349. The monoisotopic (exact) mass is 270 g/mol. The molecule has 0 atom stereocenters. The first-order valence-corrected chi connectivity index (χ1v) is 6.66. The second kappa shape index (κ2) is 7.07. The van der Waals surface area contributed by atoms with Crippen LogP contribution in [0, 0.1) is 0 Å². The summed E-state index contributed by atoms with van der Waals surface area (Å²) in [6.07, 6.45) is 0. The van der Waals surface area contributed by atoms with Crippen molar-refractivity contribution in [3.05, 3.63) is 10.8 Å². The summed E-state index contributed by atoms with van der Waals surface area (Å²) in [6.45, 7) is 6.35. The van der Waals surface area contributed by atoms with Gasteiger partial charge in [-0.05, 0) is 20.8 Å². The van der Waals surface area contributed by atoms with Crippen LogP contribution in [-0.4, -0.2) is 19.0 Å². The number of allylic oxidation sites excluding steroid dienone is 2. The second-order valence-corrected chi connectivity index (χ2v) is 4.77. The molecule has 0 aliphatic rings. The Labute approximate surface area is 100 Å². The van der Waals surface area contributed by atoms with Gasteiger partial charge in [0, 0.05) is 6.92 Å². The normalized spacial score (nSPS) is 13.3. The predicted molar refractivity (Wildman–Crippen MR) is 61.2 cm³/mol. The second-order valence-electron chi connectivity index (χ2n) is 2.80. The molecular formula is C9H16ClO5P. The summed E-state index contributed by atoms with van der Waals surface area (Å²) in [4.78, 5) is 10.9. The molecule has 0 aliphatic carbocycles. The quantitative estimate of drug-likeness (QED) is 0.404. The van der Waals surface area contributed by atoms with E-state index in [2.05, 4.69) is 0 Å². The summed E-state index contributed by atoms with van der Waals surface area (Å²) in [6, 6.07) is 0. The van der Waals surface area contributed by atoms with Gasteiger partial charge in [-0.25, -0.2) is 4.57 Å². The topological polar surface area (TPSA) is 61.8 Å². The van der Waals surface area contributed by atoms with Crippen LogP contribution in [-0.2, 0) is 22.9 Å². The lowest BCUT2D eigenvalue weighted by Crippen LogP contribution is -2.02. The number of phosphoric ester groups is 1. The lowest BCUT2D eigenvalue weighted by atomic mass is 10.4. The van der Waals surface area contributed by atoms with E-state index < -0.39 is 7.82 Å². The van der Waals surface area contributed by atoms with Gasteiger partial charge in [-0.3, -0.25) is 13.8 Å². The molecule has 0 rings (SSSR count). The van der Waals surface area contributed by atoms with E-state index in [0.29, 0.717) is 0 Å². The Kier molecular flexibility index (Phi) is 6.91. The maximum atomic E-state index is 11.9. The SMILES string of the molecule is CCOP(=O)(OCC)O/C(C)=C(/Cl)C(C)=O. The molecule has 0 heterocycles. The molecule has 0 aromatic heterocycles. The molecule has 0 fully saturated rings. The lowest BCUT2D eigenvalue weighted by molar-refractivity contribution is -0.113. The number of Topliss-reactive ketones (excluding diaryl/α,β-unsaturated/α-hetero) is 1. The summed E-state index contributed by atoms with van der Waals surface area (Å²) in [7, 11) is -3.66. The zero-order valence-electron chi connectivity index (χ0n) is 9.78.